The van der Waals surface area contributed by atoms with Crippen LogP contribution in [0.5, 0.6) is 11.5 Å². The number of halogens is 1. The molecule has 0 radical (unpaired) electrons. The quantitative estimate of drug-likeness (QED) is 0.290. The lowest BCUT2D eigenvalue weighted by Crippen LogP contribution is -2.54. The van der Waals surface area contributed by atoms with Crippen LogP contribution in [-0.4, -0.2) is 30.6 Å². The monoisotopic (exact) mass is 508 g/mol. The van der Waals surface area contributed by atoms with Gasteiger partial charge in [0.2, 0.25) is 0 Å². The molecule has 1 N–H and O–H groups in total. The van der Waals surface area contributed by atoms with Crippen molar-refractivity contribution in [2.45, 2.75) is 6.92 Å². The van der Waals surface area contributed by atoms with Gasteiger partial charge < -0.3 is 9.47 Å². The first-order valence-corrected chi connectivity index (χ1v) is 9.91. The van der Waals surface area contributed by atoms with E-state index >= 15 is 0 Å². The summed E-state index contributed by atoms with van der Waals surface area (Å²) in [5, 5.41) is 2.63. The van der Waals surface area contributed by atoms with Crippen LogP contribution >= 0.6 is 34.8 Å². The summed E-state index contributed by atoms with van der Waals surface area (Å²) in [6, 6.07) is 12.5. The Morgan fingerprint density at radius 1 is 1.21 bits per heavy atom. The van der Waals surface area contributed by atoms with E-state index in [0.29, 0.717) is 29.4 Å². The highest BCUT2D eigenvalue weighted by Gasteiger charge is 2.34. The Balaban J connectivity index is 2.04. The molecule has 8 heteroatoms. The Labute approximate surface area is 181 Å². The van der Waals surface area contributed by atoms with Gasteiger partial charge >= 0.3 is 0 Å². The van der Waals surface area contributed by atoms with Crippen molar-refractivity contribution in [3.05, 3.63) is 57.2 Å². The molecule has 1 aliphatic rings. The molecule has 0 atom stereocenters. The molecule has 2 aromatic rings. The van der Waals surface area contributed by atoms with Crippen molar-refractivity contribution in [3.8, 4) is 11.5 Å². The summed E-state index contributed by atoms with van der Waals surface area (Å²) in [5.41, 5.74) is 1.22. The highest BCUT2D eigenvalue weighted by molar-refractivity contribution is 14.1. The predicted molar refractivity (Wildman–Crippen MR) is 120 cm³/mol. The van der Waals surface area contributed by atoms with Crippen molar-refractivity contribution in [2.24, 2.45) is 0 Å². The topological polar surface area (TPSA) is 67.9 Å². The minimum absolute atomic E-state index is 0.0131. The van der Waals surface area contributed by atoms with E-state index in [1.807, 2.05) is 19.1 Å². The van der Waals surface area contributed by atoms with Crippen LogP contribution in [0.3, 0.4) is 0 Å². The van der Waals surface area contributed by atoms with Gasteiger partial charge in [-0.05, 0) is 77.6 Å². The summed E-state index contributed by atoms with van der Waals surface area (Å²) in [6.07, 6.45) is 1.53. The SMILES string of the molecule is CCOc1cc(/C=C2/C(=O)NC(=S)N(c3ccccc3)C2=O)cc(I)c1OC. The molecule has 0 spiro atoms. The van der Waals surface area contributed by atoms with Crippen molar-refractivity contribution in [1.82, 2.24) is 5.32 Å². The minimum Gasteiger partial charge on any atom is -0.492 e. The van der Waals surface area contributed by atoms with Crippen molar-refractivity contribution < 1.29 is 19.1 Å². The number of carbonyl (C=O) groups excluding carboxylic acids is 2. The molecule has 2 aromatic carbocycles. The summed E-state index contributed by atoms with van der Waals surface area (Å²) >= 11 is 7.32. The number of methoxy groups -OCH3 is 1. The zero-order valence-corrected chi connectivity index (χ0v) is 18.2. The highest BCUT2D eigenvalue weighted by Crippen LogP contribution is 2.35. The van der Waals surface area contributed by atoms with Crippen LogP contribution in [0.25, 0.3) is 6.08 Å². The zero-order chi connectivity index (χ0) is 20.3. The Morgan fingerprint density at radius 2 is 1.93 bits per heavy atom. The lowest BCUT2D eigenvalue weighted by Gasteiger charge is -2.28. The van der Waals surface area contributed by atoms with E-state index in [-0.39, 0.29) is 10.7 Å². The van der Waals surface area contributed by atoms with Gasteiger partial charge in [0, 0.05) is 0 Å². The van der Waals surface area contributed by atoms with Gasteiger partial charge in [-0.15, -0.1) is 0 Å². The Kier molecular flexibility index (Phi) is 6.30. The fourth-order valence-electron chi connectivity index (χ4n) is 2.77. The van der Waals surface area contributed by atoms with E-state index in [9.17, 15) is 9.59 Å². The Hall–Kier alpha value is -2.46. The second-order valence-electron chi connectivity index (χ2n) is 5.76. The minimum atomic E-state index is -0.536. The molecule has 0 aliphatic carbocycles. The van der Waals surface area contributed by atoms with Gasteiger partial charge in [0.15, 0.2) is 16.6 Å². The first-order chi connectivity index (χ1) is 13.5. The second kappa shape index (κ2) is 8.70. The fourth-order valence-corrected chi connectivity index (χ4v) is 3.89. The van der Waals surface area contributed by atoms with Crippen LogP contribution in [0, 0.1) is 3.57 Å². The average Bonchev–Trinajstić information content (AvgIpc) is 2.66. The maximum atomic E-state index is 13.0. The van der Waals surface area contributed by atoms with Gasteiger partial charge in [0.25, 0.3) is 11.8 Å². The van der Waals surface area contributed by atoms with E-state index in [4.69, 9.17) is 21.7 Å². The zero-order valence-electron chi connectivity index (χ0n) is 15.2. The van der Waals surface area contributed by atoms with Crippen LogP contribution < -0.4 is 19.7 Å². The van der Waals surface area contributed by atoms with Crippen LogP contribution in [0.4, 0.5) is 5.69 Å². The largest absolute Gasteiger partial charge is 0.492 e. The molecule has 3 rings (SSSR count). The number of para-hydroxylation sites is 1. The van der Waals surface area contributed by atoms with E-state index in [1.54, 1.807) is 37.4 Å². The third-order valence-electron chi connectivity index (χ3n) is 3.96. The number of benzene rings is 2. The number of hydrogen-bond donors (Lipinski definition) is 1. The molecule has 144 valence electrons. The average molecular weight is 508 g/mol. The molecule has 2 amide bonds. The summed E-state index contributed by atoms with van der Waals surface area (Å²) < 4.78 is 11.8. The number of anilines is 1. The smallest absolute Gasteiger partial charge is 0.270 e. The number of nitrogens with one attached hydrogen (secondary N) is 1. The van der Waals surface area contributed by atoms with Gasteiger partial charge in [0.1, 0.15) is 5.57 Å². The summed E-state index contributed by atoms with van der Waals surface area (Å²) in [7, 11) is 1.56. The fraction of sp³-hybridized carbons (Fsp3) is 0.150. The Morgan fingerprint density at radius 3 is 2.57 bits per heavy atom. The van der Waals surface area contributed by atoms with E-state index in [0.717, 1.165) is 3.57 Å². The van der Waals surface area contributed by atoms with E-state index < -0.39 is 11.8 Å². The number of thiocarbonyl (C=S) groups is 1. The third-order valence-corrected chi connectivity index (χ3v) is 5.05. The van der Waals surface area contributed by atoms with Crippen LogP contribution in [0.1, 0.15) is 12.5 Å². The number of carbonyl (C=O) groups is 2. The van der Waals surface area contributed by atoms with Crippen molar-refractivity contribution >= 4 is 63.5 Å². The van der Waals surface area contributed by atoms with Gasteiger partial charge in [0.05, 0.1) is 23.0 Å². The van der Waals surface area contributed by atoms with Crippen LogP contribution in [0.15, 0.2) is 48.0 Å². The number of amides is 2. The molecule has 1 aliphatic heterocycles. The van der Waals surface area contributed by atoms with Crippen molar-refractivity contribution in [2.75, 3.05) is 18.6 Å². The highest BCUT2D eigenvalue weighted by atomic mass is 127. The lowest BCUT2D eigenvalue weighted by molar-refractivity contribution is -0.122. The molecule has 1 heterocycles. The van der Waals surface area contributed by atoms with E-state index in [2.05, 4.69) is 27.9 Å². The molecule has 0 saturated carbocycles. The molecule has 1 fully saturated rings. The maximum absolute atomic E-state index is 13.0. The summed E-state index contributed by atoms with van der Waals surface area (Å²) in [5.74, 6) is 0.133. The van der Waals surface area contributed by atoms with Crippen LogP contribution in [0.2, 0.25) is 0 Å². The van der Waals surface area contributed by atoms with Gasteiger partial charge in [-0.3, -0.25) is 19.8 Å². The molecule has 0 unspecified atom stereocenters. The number of rotatable bonds is 5. The van der Waals surface area contributed by atoms with Crippen molar-refractivity contribution in [3.63, 3.8) is 0 Å². The second-order valence-corrected chi connectivity index (χ2v) is 7.31. The van der Waals surface area contributed by atoms with Crippen molar-refractivity contribution in [1.29, 1.82) is 0 Å². The third kappa shape index (κ3) is 4.02. The molecular formula is C20H17IN2O4S. The molecule has 1 saturated heterocycles. The molecular weight excluding hydrogens is 491 g/mol. The first kappa shape index (κ1) is 20.3. The number of nitrogens with zero attached hydrogens (tertiary/aromatic N) is 1. The first-order valence-electron chi connectivity index (χ1n) is 8.43. The Bertz CT molecular complexity index is 976. The summed E-state index contributed by atoms with van der Waals surface area (Å²) in [4.78, 5) is 26.8. The lowest BCUT2D eigenvalue weighted by atomic mass is 10.1. The molecule has 0 aromatic heterocycles. The van der Waals surface area contributed by atoms with Gasteiger partial charge in [-0.25, -0.2) is 0 Å². The standard InChI is InChI=1S/C20H17IN2O4S/c1-3-27-16-11-12(10-15(21)17(16)26-2)9-14-18(24)22-20(28)23(19(14)25)13-7-5-4-6-8-13/h4-11H,3H2,1-2H3,(H,22,24,28)/b14-9-. The van der Waals surface area contributed by atoms with E-state index in [1.165, 1.54) is 11.0 Å². The molecule has 28 heavy (non-hydrogen) atoms. The molecule has 0 bridgehead atoms. The van der Waals surface area contributed by atoms with Crippen LogP contribution in [-0.2, 0) is 9.59 Å². The van der Waals surface area contributed by atoms with Gasteiger partial charge in [-0.1, -0.05) is 18.2 Å². The number of hydrogen-bond acceptors (Lipinski definition) is 5. The normalized spacial score (nSPS) is 15.6. The maximum Gasteiger partial charge on any atom is 0.270 e. The molecule has 6 nitrogen and oxygen atoms in total. The number of ether oxygens (including phenoxy) is 2. The summed E-state index contributed by atoms with van der Waals surface area (Å²) in [6.45, 7) is 2.33. The van der Waals surface area contributed by atoms with Gasteiger partial charge in [-0.2, -0.15) is 0 Å². The predicted octanol–water partition coefficient (Wildman–Crippen LogP) is 3.53.